The van der Waals surface area contributed by atoms with Crippen LogP contribution >= 0.6 is 0 Å². The molecule has 2 rings (SSSR count). The monoisotopic (exact) mass is 293 g/mol. The Bertz CT molecular complexity index is 652. The summed E-state index contributed by atoms with van der Waals surface area (Å²) in [7, 11) is 2.91. The molecule has 0 aliphatic heterocycles. The summed E-state index contributed by atoms with van der Waals surface area (Å²) in [4.78, 5) is 12.1. The topological polar surface area (TPSA) is 47.6 Å². The smallest absolute Gasteiger partial charge is 0.256 e. The summed E-state index contributed by atoms with van der Waals surface area (Å²) < 4.78 is 36.4. The molecule has 0 aliphatic rings. The summed E-state index contributed by atoms with van der Waals surface area (Å²) in [5, 5.41) is 2.36. The lowest BCUT2D eigenvalue weighted by molar-refractivity contribution is 0.102. The number of anilines is 1. The first-order chi connectivity index (χ1) is 10.0. The average Bonchev–Trinajstić information content (AvgIpc) is 2.49. The molecule has 0 saturated heterocycles. The number of amides is 1. The van der Waals surface area contributed by atoms with Crippen LogP contribution in [-0.2, 0) is 0 Å². The number of rotatable bonds is 4. The van der Waals surface area contributed by atoms with Crippen molar-refractivity contribution in [2.75, 3.05) is 19.5 Å². The van der Waals surface area contributed by atoms with Gasteiger partial charge in [-0.2, -0.15) is 0 Å². The maximum atomic E-state index is 13.5. The largest absolute Gasteiger partial charge is 0.497 e. The minimum Gasteiger partial charge on any atom is -0.497 e. The normalized spacial score (nSPS) is 10.1. The molecule has 0 fully saturated rings. The predicted octanol–water partition coefficient (Wildman–Crippen LogP) is 3.23. The van der Waals surface area contributed by atoms with Gasteiger partial charge in [-0.25, -0.2) is 8.78 Å². The molecule has 21 heavy (non-hydrogen) atoms. The third kappa shape index (κ3) is 3.47. The Morgan fingerprint density at radius 3 is 2.14 bits per heavy atom. The van der Waals surface area contributed by atoms with Crippen LogP contribution in [0.25, 0.3) is 0 Å². The average molecular weight is 293 g/mol. The molecule has 0 aliphatic carbocycles. The van der Waals surface area contributed by atoms with Crippen LogP contribution in [-0.4, -0.2) is 20.1 Å². The lowest BCUT2D eigenvalue weighted by Gasteiger charge is -2.09. The number of hydrogen-bond donors (Lipinski definition) is 1. The fourth-order valence-electron chi connectivity index (χ4n) is 1.72. The standard InChI is InChI=1S/C15H13F2NO3/c1-20-11-5-9(6-12(8-11)21-2)15(19)18-14-4-3-10(16)7-13(14)17/h3-8H,1-2H3,(H,18,19). The first-order valence-corrected chi connectivity index (χ1v) is 6.03. The molecule has 0 atom stereocenters. The zero-order valence-corrected chi connectivity index (χ0v) is 11.4. The van der Waals surface area contributed by atoms with Gasteiger partial charge in [0.15, 0.2) is 0 Å². The van der Waals surface area contributed by atoms with Crippen molar-refractivity contribution in [2.45, 2.75) is 0 Å². The SMILES string of the molecule is COc1cc(OC)cc(C(=O)Nc2ccc(F)cc2F)c1. The van der Waals surface area contributed by atoms with Gasteiger partial charge in [0.05, 0.1) is 19.9 Å². The number of benzene rings is 2. The van der Waals surface area contributed by atoms with E-state index < -0.39 is 17.5 Å². The summed E-state index contributed by atoms with van der Waals surface area (Å²) in [5.74, 6) is -1.26. The molecular formula is C15H13F2NO3. The summed E-state index contributed by atoms with van der Waals surface area (Å²) >= 11 is 0. The van der Waals surface area contributed by atoms with E-state index in [2.05, 4.69) is 5.32 Å². The van der Waals surface area contributed by atoms with E-state index in [9.17, 15) is 13.6 Å². The van der Waals surface area contributed by atoms with E-state index in [0.717, 1.165) is 12.1 Å². The Hall–Kier alpha value is -2.63. The molecule has 2 aromatic carbocycles. The van der Waals surface area contributed by atoms with Crippen molar-refractivity contribution in [3.05, 3.63) is 53.6 Å². The predicted molar refractivity (Wildman–Crippen MR) is 73.9 cm³/mol. The van der Waals surface area contributed by atoms with Gasteiger partial charge < -0.3 is 14.8 Å². The van der Waals surface area contributed by atoms with E-state index in [1.165, 1.54) is 26.4 Å². The van der Waals surface area contributed by atoms with E-state index in [-0.39, 0.29) is 11.3 Å². The van der Waals surface area contributed by atoms with Crippen LogP contribution in [0.2, 0.25) is 0 Å². The van der Waals surface area contributed by atoms with Gasteiger partial charge in [-0.05, 0) is 24.3 Å². The molecule has 1 amide bonds. The van der Waals surface area contributed by atoms with Gasteiger partial charge >= 0.3 is 0 Å². The van der Waals surface area contributed by atoms with Gasteiger partial charge in [0.2, 0.25) is 0 Å². The second-order valence-electron chi connectivity index (χ2n) is 4.18. The van der Waals surface area contributed by atoms with Gasteiger partial charge in [0.1, 0.15) is 23.1 Å². The van der Waals surface area contributed by atoms with Gasteiger partial charge in [-0.3, -0.25) is 4.79 Å². The fraction of sp³-hybridized carbons (Fsp3) is 0.133. The number of nitrogens with one attached hydrogen (secondary N) is 1. The van der Waals surface area contributed by atoms with Gasteiger partial charge in [-0.1, -0.05) is 0 Å². The highest BCUT2D eigenvalue weighted by Gasteiger charge is 2.12. The summed E-state index contributed by atoms with van der Waals surface area (Å²) in [6, 6.07) is 7.49. The molecule has 0 bridgehead atoms. The van der Waals surface area contributed by atoms with Crippen LogP contribution in [0.3, 0.4) is 0 Å². The van der Waals surface area contributed by atoms with Crippen LogP contribution in [0, 0.1) is 11.6 Å². The molecule has 0 spiro atoms. The lowest BCUT2D eigenvalue weighted by atomic mass is 10.1. The second-order valence-corrected chi connectivity index (χ2v) is 4.18. The van der Waals surface area contributed by atoms with Gasteiger partial charge in [0.25, 0.3) is 5.91 Å². The number of ether oxygens (including phenoxy) is 2. The highest BCUT2D eigenvalue weighted by molar-refractivity contribution is 6.04. The minimum absolute atomic E-state index is 0.108. The Labute approximate surface area is 120 Å². The highest BCUT2D eigenvalue weighted by Crippen LogP contribution is 2.23. The van der Waals surface area contributed by atoms with E-state index in [1.807, 2.05) is 0 Å². The molecule has 2 aromatic rings. The van der Waals surface area contributed by atoms with Crippen molar-refractivity contribution in [3.63, 3.8) is 0 Å². The van der Waals surface area contributed by atoms with E-state index in [4.69, 9.17) is 9.47 Å². The molecule has 1 N–H and O–H groups in total. The number of hydrogen-bond acceptors (Lipinski definition) is 3. The van der Waals surface area contributed by atoms with Crippen LogP contribution in [0.1, 0.15) is 10.4 Å². The zero-order valence-electron chi connectivity index (χ0n) is 11.4. The Balaban J connectivity index is 2.27. The molecular weight excluding hydrogens is 280 g/mol. The van der Waals surface area contributed by atoms with Gasteiger partial charge in [-0.15, -0.1) is 0 Å². The van der Waals surface area contributed by atoms with Crippen molar-refractivity contribution in [1.29, 1.82) is 0 Å². The molecule has 0 aromatic heterocycles. The summed E-state index contributed by atoms with van der Waals surface area (Å²) in [6.07, 6.45) is 0. The highest BCUT2D eigenvalue weighted by atomic mass is 19.1. The Morgan fingerprint density at radius 2 is 1.62 bits per heavy atom. The zero-order chi connectivity index (χ0) is 15.4. The number of carbonyl (C=O) groups excluding carboxylic acids is 1. The molecule has 110 valence electrons. The number of methoxy groups -OCH3 is 2. The van der Waals surface area contributed by atoms with Crippen LogP contribution in [0.4, 0.5) is 14.5 Å². The third-order valence-electron chi connectivity index (χ3n) is 2.79. The number of carbonyl (C=O) groups is 1. The van der Waals surface area contributed by atoms with Crippen molar-refractivity contribution >= 4 is 11.6 Å². The maximum absolute atomic E-state index is 13.5. The lowest BCUT2D eigenvalue weighted by Crippen LogP contribution is -2.13. The summed E-state index contributed by atoms with van der Waals surface area (Å²) in [5.41, 5.74) is 0.123. The number of halogens is 2. The van der Waals surface area contributed by atoms with Crippen molar-refractivity contribution in [2.24, 2.45) is 0 Å². The molecule has 0 radical (unpaired) electrons. The minimum atomic E-state index is -0.849. The molecule has 4 nitrogen and oxygen atoms in total. The van der Waals surface area contributed by atoms with Crippen LogP contribution in [0.5, 0.6) is 11.5 Å². The molecule has 0 saturated carbocycles. The second kappa shape index (κ2) is 6.21. The van der Waals surface area contributed by atoms with E-state index >= 15 is 0 Å². The molecule has 6 heteroatoms. The Kier molecular flexibility index (Phi) is 4.37. The van der Waals surface area contributed by atoms with Crippen molar-refractivity contribution in [3.8, 4) is 11.5 Å². The van der Waals surface area contributed by atoms with Crippen molar-refractivity contribution in [1.82, 2.24) is 0 Å². The first kappa shape index (κ1) is 14.8. The van der Waals surface area contributed by atoms with E-state index in [0.29, 0.717) is 17.6 Å². The van der Waals surface area contributed by atoms with Crippen molar-refractivity contribution < 1.29 is 23.0 Å². The van der Waals surface area contributed by atoms with Crippen LogP contribution in [0.15, 0.2) is 36.4 Å². The quantitative estimate of drug-likeness (QED) is 0.941. The Morgan fingerprint density at radius 1 is 1.00 bits per heavy atom. The van der Waals surface area contributed by atoms with Crippen LogP contribution < -0.4 is 14.8 Å². The molecule has 0 unspecified atom stereocenters. The molecule has 0 heterocycles. The van der Waals surface area contributed by atoms with E-state index in [1.54, 1.807) is 6.07 Å². The van der Waals surface area contributed by atoms with Gasteiger partial charge in [0, 0.05) is 17.7 Å². The summed E-state index contributed by atoms with van der Waals surface area (Å²) in [6.45, 7) is 0. The fourth-order valence-corrected chi connectivity index (χ4v) is 1.72. The third-order valence-corrected chi connectivity index (χ3v) is 2.79. The maximum Gasteiger partial charge on any atom is 0.256 e. The first-order valence-electron chi connectivity index (χ1n) is 6.03.